The number of aromatic nitrogens is 2. The largest absolute Gasteiger partial charge is 0.465 e. The SMILES string of the molecule is O=C(O)N1CCN(C(=O)c2ncn(C3CCCCC3(O)COCC3CCS(=O)(=O)CC3)c2-c2ccccc2)[C@H](Cc2ccccc2)C1. The average molecular weight is 665 g/mol. The Labute approximate surface area is 276 Å². The second-order valence-corrected chi connectivity index (χ2v) is 15.6. The van der Waals surface area contributed by atoms with Crippen molar-refractivity contribution in [3.63, 3.8) is 0 Å². The van der Waals surface area contributed by atoms with Crippen molar-refractivity contribution in [2.75, 3.05) is 44.4 Å². The van der Waals surface area contributed by atoms with Crippen LogP contribution < -0.4 is 0 Å². The first-order valence-electron chi connectivity index (χ1n) is 16.6. The summed E-state index contributed by atoms with van der Waals surface area (Å²) < 4.78 is 31.8. The van der Waals surface area contributed by atoms with Crippen molar-refractivity contribution in [2.45, 2.75) is 62.6 Å². The van der Waals surface area contributed by atoms with Crippen LogP contribution in [0.15, 0.2) is 67.0 Å². The first-order valence-corrected chi connectivity index (χ1v) is 18.4. The predicted octanol–water partition coefficient (Wildman–Crippen LogP) is 4.28. The molecule has 1 saturated carbocycles. The van der Waals surface area contributed by atoms with Crippen LogP contribution in [0.25, 0.3) is 11.3 Å². The summed E-state index contributed by atoms with van der Waals surface area (Å²) >= 11 is 0. The Hall–Kier alpha value is -3.74. The Morgan fingerprint density at radius 2 is 1.66 bits per heavy atom. The minimum absolute atomic E-state index is 0.104. The van der Waals surface area contributed by atoms with Gasteiger partial charge in [-0.15, -0.1) is 0 Å². The van der Waals surface area contributed by atoms with Gasteiger partial charge in [-0.1, -0.05) is 73.5 Å². The van der Waals surface area contributed by atoms with Gasteiger partial charge in [0.15, 0.2) is 5.69 Å². The number of carboxylic acid groups (broad SMARTS) is 1. The maximum atomic E-state index is 14.5. The van der Waals surface area contributed by atoms with Crippen LogP contribution in [0, 0.1) is 5.92 Å². The molecule has 3 heterocycles. The molecule has 0 radical (unpaired) electrons. The van der Waals surface area contributed by atoms with Crippen LogP contribution in [0.5, 0.6) is 0 Å². The summed E-state index contributed by atoms with van der Waals surface area (Å²) in [5, 5.41) is 21.9. The molecule has 2 aromatic carbocycles. The van der Waals surface area contributed by atoms with E-state index in [1.54, 1.807) is 11.2 Å². The van der Waals surface area contributed by atoms with Crippen molar-refractivity contribution >= 4 is 21.8 Å². The van der Waals surface area contributed by atoms with E-state index in [0.717, 1.165) is 24.0 Å². The van der Waals surface area contributed by atoms with Gasteiger partial charge in [0, 0.05) is 31.8 Å². The van der Waals surface area contributed by atoms with E-state index < -0.39 is 27.6 Å². The van der Waals surface area contributed by atoms with Crippen molar-refractivity contribution in [1.82, 2.24) is 19.4 Å². The van der Waals surface area contributed by atoms with Crippen LogP contribution in [0.2, 0.25) is 0 Å². The molecule has 3 fully saturated rings. The number of nitrogens with zero attached hydrogens (tertiary/aromatic N) is 4. The quantitative estimate of drug-likeness (QED) is 0.345. The van der Waals surface area contributed by atoms with Crippen molar-refractivity contribution < 1.29 is 33.0 Å². The molecule has 2 amide bonds. The maximum absolute atomic E-state index is 14.5. The molecule has 2 aliphatic heterocycles. The Bertz CT molecular complexity index is 1630. The molecule has 252 valence electrons. The highest BCUT2D eigenvalue weighted by Gasteiger charge is 2.43. The fourth-order valence-electron chi connectivity index (χ4n) is 7.41. The van der Waals surface area contributed by atoms with E-state index in [2.05, 4.69) is 0 Å². The lowest BCUT2D eigenvalue weighted by Gasteiger charge is -2.42. The molecule has 11 nitrogen and oxygen atoms in total. The molecule has 2 saturated heterocycles. The molecule has 0 bridgehead atoms. The molecule has 6 rings (SSSR count). The summed E-state index contributed by atoms with van der Waals surface area (Å²) in [6, 6.07) is 18.6. The molecule has 47 heavy (non-hydrogen) atoms. The zero-order valence-electron chi connectivity index (χ0n) is 26.6. The second kappa shape index (κ2) is 14.2. The molecule has 3 aliphatic rings. The second-order valence-electron chi connectivity index (χ2n) is 13.3. The number of amides is 2. The van der Waals surface area contributed by atoms with Crippen LogP contribution in [-0.2, 0) is 21.0 Å². The van der Waals surface area contributed by atoms with Crippen molar-refractivity contribution in [2.24, 2.45) is 5.92 Å². The summed E-state index contributed by atoms with van der Waals surface area (Å²) in [6.07, 6.45) is 5.25. The van der Waals surface area contributed by atoms with Crippen molar-refractivity contribution in [1.29, 1.82) is 0 Å². The summed E-state index contributed by atoms with van der Waals surface area (Å²) in [5.74, 6) is 0.235. The summed E-state index contributed by atoms with van der Waals surface area (Å²) in [5.41, 5.74) is 1.51. The number of ether oxygens (including phenoxy) is 1. The number of imidazole rings is 1. The van der Waals surface area contributed by atoms with Gasteiger partial charge in [0.25, 0.3) is 5.91 Å². The molecule has 2 unspecified atom stereocenters. The molecule has 1 aliphatic carbocycles. The zero-order valence-corrected chi connectivity index (χ0v) is 27.4. The number of benzene rings is 2. The third-order valence-electron chi connectivity index (χ3n) is 10.0. The van der Waals surface area contributed by atoms with Gasteiger partial charge in [0.2, 0.25) is 0 Å². The summed E-state index contributed by atoms with van der Waals surface area (Å²) in [7, 11) is -2.96. The minimum atomic E-state index is -2.96. The standard InChI is InChI=1S/C35H44N4O7S/c40-33(38-18-17-37(34(41)42)22-29(38)21-26-9-3-1-4-10-26)31-32(28-11-5-2-6-12-28)39(25-36-31)30-13-7-8-16-35(30,43)24-46-23-27-14-19-47(44,45)20-15-27/h1-6,9-12,25,27,29-30,43H,7-8,13-24H2,(H,41,42)/t29-,30?,35?/m1/s1. The van der Waals surface area contributed by atoms with Gasteiger partial charge in [-0.05, 0) is 43.6 Å². The Morgan fingerprint density at radius 1 is 0.957 bits per heavy atom. The molecule has 2 N–H and O–H groups in total. The molecule has 3 atom stereocenters. The highest BCUT2D eigenvalue weighted by atomic mass is 32.2. The molecule has 0 spiro atoms. The third-order valence-corrected chi connectivity index (χ3v) is 11.8. The average Bonchev–Trinajstić information content (AvgIpc) is 3.51. The van der Waals surface area contributed by atoms with Crippen LogP contribution in [-0.4, -0.2) is 106 Å². The van der Waals surface area contributed by atoms with Gasteiger partial charge in [-0.2, -0.15) is 0 Å². The molecule has 12 heteroatoms. The van der Waals surface area contributed by atoms with Crippen molar-refractivity contribution in [3.8, 4) is 11.3 Å². The predicted molar refractivity (Wildman–Crippen MR) is 177 cm³/mol. The number of rotatable bonds is 9. The van der Waals surface area contributed by atoms with Crippen LogP contribution in [0.3, 0.4) is 0 Å². The van der Waals surface area contributed by atoms with Gasteiger partial charge >= 0.3 is 6.09 Å². The van der Waals surface area contributed by atoms with Gasteiger partial charge < -0.3 is 29.3 Å². The highest BCUT2D eigenvalue weighted by Crippen LogP contribution is 2.41. The van der Waals surface area contributed by atoms with Crippen LogP contribution in [0.1, 0.15) is 60.6 Å². The highest BCUT2D eigenvalue weighted by molar-refractivity contribution is 7.91. The third kappa shape index (κ3) is 7.55. The topological polar surface area (TPSA) is 142 Å². The monoisotopic (exact) mass is 664 g/mol. The fourth-order valence-corrected chi connectivity index (χ4v) is 9.00. The van der Waals surface area contributed by atoms with Gasteiger partial charge in [-0.25, -0.2) is 18.2 Å². The Kier molecular flexibility index (Phi) is 10.00. The number of piperazine rings is 1. The molecular weight excluding hydrogens is 620 g/mol. The Morgan fingerprint density at radius 3 is 2.36 bits per heavy atom. The van der Waals surface area contributed by atoms with E-state index in [0.29, 0.717) is 44.4 Å². The molecular formula is C35H44N4O7S. The van der Waals surface area contributed by atoms with E-state index in [4.69, 9.17) is 9.72 Å². The van der Waals surface area contributed by atoms with Crippen LogP contribution in [0.4, 0.5) is 4.79 Å². The van der Waals surface area contributed by atoms with E-state index in [-0.39, 0.29) is 61.3 Å². The van der Waals surface area contributed by atoms with Crippen LogP contribution >= 0.6 is 0 Å². The Balaban J connectivity index is 1.28. The smallest absolute Gasteiger partial charge is 0.407 e. The number of carbonyl (C=O) groups excluding carboxylic acids is 1. The van der Waals surface area contributed by atoms with E-state index >= 15 is 0 Å². The normalized spacial score (nSPS) is 25.0. The lowest BCUT2D eigenvalue weighted by atomic mass is 9.80. The maximum Gasteiger partial charge on any atom is 0.407 e. The zero-order chi connectivity index (χ0) is 33.0. The minimum Gasteiger partial charge on any atom is -0.465 e. The summed E-state index contributed by atoms with van der Waals surface area (Å²) in [6.45, 7) is 1.15. The molecule has 1 aromatic heterocycles. The molecule has 3 aromatic rings. The summed E-state index contributed by atoms with van der Waals surface area (Å²) in [4.78, 5) is 34.2. The van der Waals surface area contributed by atoms with E-state index in [1.807, 2.05) is 65.2 Å². The van der Waals surface area contributed by atoms with Gasteiger partial charge in [-0.3, -0.25) is 4.79 Å². The van der Waals surface area contributed by atoms with Crippen molar-refractivity contribution in [3.05, 3.63) is 78.2 Å². The number of hydrogen-bond acceptors (Lipinski definition) is 7. The number of carbonyl (C=O) groups is 2. The fraction of sp³-hybridized carbons (Fsp3) is 0.514. The van der Waals surface area contributed by atoms with E-state index in [1.165, 1.54) is 4.90 Å². The number of aliphatic hydroxyl groups is 1. The first-order chi connectivity index (χ1) is 22.6. The lowest BCUT2D eigenvalue weighted by molar-refractivity contribution is -0.104. The van der Waals surface area contributed by atoms with Gasteiger partial charge in [0.05, 0.1) is 42.2 Å². The number of hydrogen-bond donors (Lipinski definition) is 2. The number of sulfone groups is 1. The van der Waals surface area contributed by atoms with Gasteiger partial charge in [0.1, 0.15) is 15.4 Å². The first kappa shape index (κ1) is 33.2. The lowest BCUT2D eigenvalue weighted by Crippen LogP contribution is -2.57. The van der Waals surface area contributed by atoms with E-state index in [9.17, 15) is 28.2 Å².